The average molecular weight is 264 g/mol. The van der Waals surface area contributed by atoms with E-state index < -0.39 is 5.41 Å². The van der Waals surface area contributed by atoms with E-state index in [1.807, 2.05) is 13.8 Å². The van der Waals surface area contributed by atoms with E-state index in [-0.39, 0.29) is 11.7 Å². The van der Waals surface area contributed by atoms with Gasteiger partial charge in [0.05, 0.1) is 5.41 Å². The topological polar surface area (TPSA) is 46.5 Å². The Morgan fingerprint density at radius 2 is 1.79 bits per heavy atom. The minimum Gasteiger partial charge on any atom is -0.507 e. The molecule has 0 spiro atoms. The van der Waals surface area contributed by atoms with Crippen LogP contribution in [0.5, 0.6) is 11.5 Å². The van der Waals surface area contributed by atoms with Crippen molar-refractivity contribution >= 4 is 5.97 Å². The third kappa shape index (κ3) is 3.49. The monoisotopic (exact) mass is 264 g/mol. The number of phenols is 1. The van der Waals surface area contributed by atoms with Gasteiger partial charge >= 0.3 is 5.97 Å². The number of carbonyl (C=O) groups is 1. The number of benzene rings is 1. The number of hydrogen-bond donors (Lipinski definition) is 1. The molecule has 0 saturated carbocycles. The predicted molar refractivity (Wildman–Crippen MR) is 76.5 cm³/mol. The fourth-order valence-electron chi connectivity index (χ4n) is 2.18. The van der Waals surface area contributed by atoms with E-state index in [2.05, 4.69) is 6.92 Å². The van der Waals surface area contributed by atoms with Gasteiger partial charge in [0.15, 0.2) is 0 Å². The molecule has 3 heteroatoms. The van der Waals surface area contributed by atoms with Crippen LogP contribution in [0.2, 0.25) is 0 Å². The molecule has 0 bridgehead atoms. The summed E-state index contributed by atoms with van der Waals surface area (Å²) in [5, 5.41) is 9.71. The summed E-state index contributed by atoms with van der Waals surface area (Å²) < 4.78 is 5.49. The van der Waals surface area contributed by atoms with Gasteiger partial charge < -0.3 is 9.84 Å². The quantitative estimate of drug-likeness (QED) is 0.642. The van der Waals surface area contributed by atoms with Crippen molar-refractivity contribution in [3.05, 3.63) is 23.3 Å². The minimum atomic E-state index is -0.436. The first-order valence-electron chi connectivity index (χ1n) is 6.86. The van der Waals surface area contributed by atoms with E-state index in [9.17, 15) is 9.90 Å². The number of ether oxygens (including phenoxy) is 1. The zero-order valence-corrected chi connectivity index (χ0v) is 12.5. The average Bonchev–Trinajstić information content (AvgIpc) is 2.35. The van der Waals surface area contributed by atoms with Crippen LogP contribution < -0.4 is 4.74 Å². The maximum atomic E-state index is 12.3. The predicted octanol–water partition coefficient (Wildman–Crippen LogP) is 4.13. The fourth-order valence-corrected chi connectivity index (χ4v) is 2.18. The first kappa shape index (κ1) is 15.5. The summed E-state index contributed by atoms with van der Waals surface area (Å²) in [6.07, 6.45) is 2.53. The van der Waals surface area contributed by atoms with Gasteiger partial charge in [-0.3, -0.25) is 4.79 Å². The molecule has 0 aliphatic carbocycles. The minimum absolute atomic E-state index is 0.193. The molecule has 0 saturated heterocycles. The Hall–Kier alpha value is -1.51. The molecule has 0 amide bonds. The van der Waals surface area contributed by atoms with Crippen LogP contribution in [0.3, 0.4) is 0 Å². The van der Waals surface area contributed by atoms with E-state index in [0.29, 0.717) is 5.75 Å². The van der Waals surface area contributed by atoms with Crippen molar-refractivity contribution in [3.8, 4) is 11.5 Å². The van der Waals surface area contributed by atoms with Crippen LogP contribution in [-0.2, 0) is 4.79 Å². The zero-order valence-electron chi connectivity index (χ0n) is 12.5. The molecule has 1 aromatic carbocycles. The Morgan fingerprint density at radius 3 is 2.21 bits per heavy atom. The highest BCUT2D eigenvalue weighted by atomic mass is 16.5. The standard InChI is InChI=1S/C16H24O3/c1-6-8-16(5,7-2)15(18)19-13-9-11(3)14(17)12(4)10-13/h9-10,17H,6-8H2,1-5H3. The Kier molecular flexibility index (Phi) is 4.98. The summed E-state index contributed by atoms with van der Waals surface area (Å²) in [5.41, 5.74) is 1.00. The van der Waals surface area contributed by atoms with E-state index in [1.54, 1.807) is 26.0 Å². The van der Waals surface area contributed by atoms with Gasteiger partial charge in [-0.15, -0.1) is 0 Å². The molecule has 1 N–H and O–H groups in total. The van der Waals surface area contributed by atoms with Crippen LogP contribution in [0.1, 0.15) is 51.2 Å². The normalized spacial score (nSPS) is 13.9. The summed E-state index contributed by atoms with van der Waals surface area (Å²) in [7, 11) is 0. The smallest absolute Gasteiger partial charge is 0.317 e. The largest absolute Gasteiger partial charge is 0.507 e. The number of aryl methyl sites for hydroxylation is 2. The van der Waals surface area contributed by atoms with Crippen molar-refractivity contribution < 1.29 is 14.6 Å². The molecule has 19 heavy (non-hydrogen) atoms. The van der Waals surface area contributed by atoms with Crippen LogP contribution >= 0.6 is 0 Å². The Bertz CT molecular complexity index is 442. The van der Waals surface area contributed by atoms with Crippen LogP contribution in [0, 0.1) is 19.3 Å². The molecule has 0 radical (unpaired) electrons. The molecule has 106 valence electrons. The van der Waals surface area contributed by atoms with Gasteiger partial charge in [-0.25, -0.2) is 0 Å². The lowest BCUT2D eigenvalue weighted by molar-refractivity contribution is -0.145. The highest BCUT2D eigenvalue weighted by molar-refractivity contribution is 5.78. The van der Waals surface area contributed by atoms with E-state index in [1.165, 1.54) is 0 Å². The lowest BCUT2D eigenvalue weighted by Gasteiger charge is -2.25. The summed E-state index contributed by atoms with van der Waals surface area (Å²) in [4.78, 5) is 12.3. The van der Waals surface area contributed by atoms with E-state index >= 15 is 0 Å². The molecule has 0 aromatic heterocycles. The van der Waals surface area contributed by atoms with Gasteiger partial charge in [-0.2, -0.15) is 0 Å². The summed E-state index contributed by atoms with van der Waals surface area (Å²) in [6.45, 7) is 9.61. The number of aromatic hydroxyl groups is 1. The van der Waals surface area contributed by atoms with Gasteiger partial charge in [0.25, 0.3) is 0 Å². The summed E-state index contributed by atoms with van der Waals surface area (Å²) in [5.74, 6) is 0.571. The van der Waals surface area contributed by atoms with Gasteiger partial charge in [0.2, 0.25) is 0 Å². The van der Waals surface area contributed by atoms with Gasteiger partial charge in [-0.05, 0) is 56.9 Å². The number of hydrogen-bond acceptors (Lipinski definition) is 3. The fraction of sp³-hybridized carbons (Fsp3) is 0.562. The lowest BCUT2D eigenvalue weighted by atomic mass is 9.83. The van der Waals surface area contributed by atoms with Crippen molar-refractivity contribution in [3.63, 3.8) is 0 Å². The first-order chi connectivity index (χ1) is 8.84. The Labute approximate surface area is 115 Å². The molecule has 1 aromatic rings. The Balaban J connectivity index is 2.93. The third-order valence-corrected chi connectivity index (χ3v) is 3.75. The molecule has 1 rings (SSSR count). The van der Waals surface area contributed by atoms with Crippen molar-refractivity contribution in [1.29, 1.82) is 0 Å². The van der Waals surface area contributed by atoms with Crippen LogP contribution in [0.25, 0.3) is 0 Å². The maximum absolute atomic E-state index is 12.3. The van der Waals surface area contributed by atoms with E-state index in [4.69, 9.17) is 4.74 Å². The molecule has 0 fully saturated rings. The van der Waals surface area contributed by atoms with Crippen molar-refractivity contribution in [2.24, 2.45) is 5.41 Å². The second-order valence-electron chi connectivity index (χ2n) is 5.46. The van der Waals surface area contributed by atoms with Crippen LogP contribution in [-0.4, -0.2) is 11.1 Å². The highest BCUT2D eigenvalue weighted by Gasteiger charge is 2.32. The zero-order chi connectivity index (χ0) is 14.6. The number of rotatable bonds is 5. The van der Waals surface area contributed by atoms with Gasteiger partial charge in [-0.1, -0.05) is 20.3 Å². The number of esters is 1. The molecule has 1 unspecified atom stereocenters. The molecule has 0 heterocycles. The third-order valence-electron chi connectivity index (χ3n) is 3.75. The maximum Gasteiger partial charge on any atom is 0.317 e. The second-order valence-corrected chi connectivity index (χ2v) is 5.46. The molecular formula is C16H24O3. The SMILES string of the molecule is CCCC(C)(CC)C(=O)Oc1cc(C)c(O)c(C)c1. The van der Waals surface area contributed by atoms with Gasteiger partial charge in [0, 0.05) is 0 Å². The van der Waals surface area contributed by atoms with Crippen molar-refractivity contribution in [1.82, 2.24) is 0 Å². The summed E-state index contributed by atoms with van der Waals surface area (Å²) >= 11 is 0. The first-order valence-corrected chi connectivity index (χ1v) is 6.86. The molecule has 0 aliphatic heterocycles. The molecular weight excluding hydrogens is 240 g/mol. The summed E-state index contributed by atoms with van der Waals surface area (Å²) in [6, 6.07) is 3.39. The Morgan fingerprint density at radius 1 is 1.26 bits per heavy atom. The lowest BCUT2D eigenvalue weighted by Crippen LogP contribution is -2.31. The van der Waals surface area contributed by atoms with Crippen molar-refractivity contribution in [2.75, 3.05) is 0 Å². The number of phenolic OH excluding ortho intramolecular Hbond substituents is 1. The second kappa shape index (κ2) is 6.09. The van der Waals surface area contributed by atoms with Crippen LogP contribution in [0.15, 0.2) is 12.1 Å². The van der Waals surface area contributed by atoms with E-state index in [0.717, 1.165) is 30.4 Å². The number of carbonyl (C=O) groups excluding carboxylic acids is 1. The highest BCUT2D eigenvalue weighted by Crippen LogP contribution is 2.32. The molecule has 1 atom stereocenters. The van der Waals surface area contributed by atoms with Crippen molar-refractivity contribution in [2.45, 2.75) is 53.9 Å². The van der Waals surface area contributed by atoms with Crippen LogP contribution in [0.4, 0.5) is 0 Å². The molecule has 3 nitrogen and oxygen atoms in total. The van der Waals surface area contributed by atoms with Gasteiger partial charge in [0.1, 0.15) is 11.5 Å². The molecule has 0 aliphatic rings.